The van der Waals surface area contributed by atoms with E-state index in [0.717, 1.165) is 22.5 Å². The number of nitrogens with one attached hydrogen (secondary N) is 2. The number of thiazole rings is 1. The Labute approximate surface area is 170 Å². The van der Waals surface area contributed by atoms with Crippen LogP contribution in [0, 0.1) is 0 Å². The van der Waals surface area contributed by atoms with Crippen molar-refractivity contribution in [3.63, 3.8) is 0 Å². The first-order valence-electron chi connectivity index (χ1n) is 8.64. The summed E-state index contributed by atoms with van der Waals surface area (Å²) in [6, 6.07) is 12.6. The lowest BCUT2D eigenvalue weighted by atomic mass is 9.99. The molecule has 6 nitrogen and oxygen atoms in total. The molecule has 142 valence electrons. The highest BCUT2D eigenvalue weighted by Crippen LogP contribution is 2.30. The summed E-state index contributed by atoms with van der Waals surface area (Å²) >= 11 is 7.17. The van der Waals surface area contributed by atoms with E-state index in [4.69, 9.17) is 16.3 Å². The average molecular weight is 414 g/mol. The molecule has 0 saturated carbocycles. The standard InChI is InChI=1S/C20H16ClN3O3S/c21-14-3-5-15(6-4-14)27-10-19(26)24-20-23-17(11-28-20)13-1-7-16-12(9-13)2-8-18(25)22-16/h1,3-7,9,11H,2,8,10H2,(H,22,25)(H,23,24,26). The minimum Gasteiger partial charge on any atom is -0.484 e. The van der Waals surface area contributed by atoms with E-state index in [1.54, 1.807) is 24.3 Å². The molecule has 28 heavy (non-hydrogen) atoms. The van der Waals surface area contributed by atoms with Crippen LogP contribution in [0.2, 0.25) is 5.02 Å². The van der Waals surface area contributed by atoms with E-state index in [1.165, 1.54) is 11.3 Å². The van der Waals surface area contributed by atoms with E-state index in [1.807, 2.05) is 23.6 Å². The molecule has 4 rings (SSSR count). The minimum absolute atomic E-state index is 0.0414. The summed E-state index contributed by atoms with van der Waals surface area (Å²) in [4.78, 5) is 28.0. The Balaban J connectivity index is 1.38. The number of halogens is 1. The number of hydrogen-bond acceptors (Lipinski definition) is 5. The molecule has 1 aliphatic heterocycles. The molecule has 0 aliphatic carbocycles. The fourth-order valence-electron chi connectivity index (χ4n) is 2.84. The van der Waals surface area contributed by atoms with Crippen molar-refractivity contribution in [2.75, 3.05) is 17.2 Å². The van der Waals surface area contributed by atoms with Crippen molar-refractivity contribution < 1.29 is 14.3 Å². The van der Waals surface area contributed by atoms with Crippen LogP contribution in [0.4, 0.5) is 10.8 Å². The second kappa shape index (κ2) is 8.00. The highest BCUT2D eigenvalue weighted by molar-refractivity contribution is 7.14. The monoisotopic (exact) mass is 413 g/mol. The number of aryl methyl sites for hydroxylation is 1. The zero-order chi connectivity index (χ0) is 19.5. The van der Waals surface area contributed by atoms with Crippen LogP contribution >= 0.6 is 22.9 Å². The van der Waals surface area contributed by atoms with E-state index >= 15 is 0 Å². The van der Waals surface area contributed by atoms with Gasteiger partial charge in [0.1, 0.15) is 5.75 Å². The van der Waals surface area contributed by atoms with Gasteiger partial charge in [-0.15, -0.1) is 11.3 Å². The lowest BCUT2D eigenvalue weighted by molar-refractivity contribution is -0.118. The van der Waals surface area contributed by atoms with Crippen LogP contribution in [0.5, 0.6) is 5.75 Å². The molecule has 1 aromatic heterocycles. The lowest BCUT2D eigenvalue weighted by Gasteiger charge is -2.17. The predicted octanol–water partition coefficient (Wildman–Crippen LogP) is 4.37. The maximum absolute atomic E-state index is 12.1. The molecule has 0 saturated heterocycles. The highest BCUT2D eigenvalue weighted by Gasteiger charge is 2.16. The maximum Gasteiger partial charge on any atom is 0.264 e. The SMILES string of the molecule is O=C(COc1ccc(Cl)cc1)Nc1nc(-c2ccc3c(c2)CCC(=O)N3)cs1. The average Bonchev–Trinajstić information content (AvgIpc) is 3.15. The molecule has 2 heterocycles. The Morgan fingerprint density at radius 3 is 2.86 bits per heavy atom. The van der Waals surface area contributed by atoms with Crippen molar-refractivity contribution >= 4 is 45.6 Å². The largest absolute Gasteiger partial charge is 0.484 e. The molecule has 3 aromatic rings. The number of rotatable bonds is 5. The van der Waals surface area contributed by atoms with E-state index in [-0.39, 0.29) is 18.4 Å². The van der Waals surface area contributed by atoms with Crippen molar-refractivity contribution in [3.8, 4) is 17.0 Å². The summed E-state index contributed by atoms with van der Waals surface area (Å²) in [5.74, 6) is 0.323. The Kier molecular flexibility index (Phi) is 5.27. The van der Waals surface area contributed by atoms with Crippen LogP contribution in [0.15, 0.2) is 47.8 Å². The van der Waals surface area contributed by atoms with Crippen LogP contribution in [0.3, 0.4) is 0 Å². The molecule has 2 N–H and O–H groups in total. The normalized spacial score (nSPS) is 12.8. The van der Waals surface area contributed by atoms with Crippen molar-refractivity contribution in [1.82, 2.24) is 4.98 Å². The first kappa shape index (κ1) is 18.5. The molecule has 0 radical (unpaired) electrons. The van der Waals surface area contributed by atoms with Gasteiger partial charge in [0.25, 0.3) is 5.91 Å². The Bertz CT molecular complexity index is 1030. The summed E-state index contributed by atoms with van der Waals surface area (Å²) in [6.07, 6.45) is 1.20. The summed E-state index contributed by atoms with van der Waals surface area (Å²) in [7, 11) is 0. The summed E-state index contributed by atoms with van der Waals surface area (Å²) in [5.41, 5.74) is 3.66. The maximum atomic E-state index is 12.1. The number of ether oxygens (including phenoxy) is 1. The number of nitrogens with zero attached hydrogens (tertiary/aromatic N) is 1. The second-order valence-corrected chi connectivity index (χ2v) is 7.54. The van der Waals surface area contributed by atoms with Gasteiger partial charge in [0.2, 0.25) is 5.91 Å². The number of aromatic nitrogens is 1. The Hall–Kier alpha value is -2.90. The summed E-state index contributed by atoms with van der Waals surface area (Å²) < 4.78 is 5.43. The van der Waals surface area contributed by atoms with Crippen LogP contribution in [0.1, 0.15) is 12.0 Å². The number of carbonyl (C=O) groups is 2. The summed E-state index contributed by atoms with van der Waals surface area (Å²) in [5, 5.41) is 8.61. The van der Waals surface area contributed by atoms with Crippen molar-refractivity contribution in [1.29, 1.82) is 0 Å². The van der Waals surface area contributed by atoms with Gasteiger partial charge in [-0.05, 0) is 48.4 Å². The molecular weight excluding hydrogens is 398 g/mol. The minimum atomic E-state index is -0.288. The van der Waals surface area contributed by atoms with E-state index in [9.17, 15) is 9.59 Å². The van der Waals surface area contributed by atoms with Crippen LogP contribution in [-0.2, 0) is 16.0 Å². The van der Waals surface area contributed by atoms with Gasteiger partial charge < -0.3 is 10.1 Å². The second-order valence-electron chi connectivity index (χ2n) is 6.25. The fraction of sp³-hybridized carbons (Fsp3) is 0.150. The molecular formula is C20H16ClN3O3S. The van der Waals surface area contributed by atoms with E-state index < -0.39 is 0 Å². The first-order chi connectivity index (χ1) is 13.6. The third-order valence-electron chi connectivity index (χ3n) is 4.23. The number of fused-ring (bicyclic) bond motifs is 1. The highest BCUT2D eigenvalue weighted by atomic mass is 35.5. The Morgan fingerprint density at radius 1 is 1.21 bits per heavy atom. The number of carbonyl (C=O) groups excluding carboxylic acids is 2. The van der Waals surface area contributed by atoms with E-state index in [0.29, 0.717) is 28.7 Å². The van der Waals surface area contributed by atoms with Gasteiger partial charge in [-0.2, -0.15) is 0 Å². The molecule has 0 fully saturated rings. The predicted molar refractivity (Wildman–Crippen MR) is 110 cm³/mol. The molecule has 0 spiro atoms. The molecule has 0 atom stereocenters. The molecule has 2 aromatic carbocycles. The molecule has 1 aliphatic rings. The summed E-state index contributed by atoms with van der Waals surface area (Å²) in [6.45, 7) is -0.116. The lowest BCUT2D eigenvalue weighted by Crippen LogP contribution is -2.20. The van der Waals surface area contributed by atoms with Gasteiger partial charge in [0, 0.05) is 28.1 Å². The molecule has 0 unspecified atom stereocenters. The number of benzene rings is 2. The smallest absolute Gasteiger partial charge is 0.264 e. The number of amides is 2. The van der Waals surface area contributed by atoms with Crippen molar-refractivity contribution in [2.45, 2.75) is 12.8 Å². The van der Waals surface area contributed by atoms with Gasteiger partial charge in [-0.25, -0.2) is 4.98 Å². The zero-order valence-corrected chi connectivity index (χ0v) is 16.3. The van der Waals surface area contributed by atoms with Gasteiger partial charge >= 0.3 is 0 Å². The molecule has 2 amide bonds. The molecule has 8 heteroatoms. The number of anilines is 2. The first-order valence-corrected chi connectivity index (χ1v) is 9.89. The van der Waals surface area contributed by atoms with Crippen LogP contribution in [-0.4, -0.2) is 23.4 Å². The van der Waals surface area contributed by atoms with Crippen molar-refractivity contribution in [3.05, 3.63) is 58.4 Å². The van der Waals surface area contributed by atoms with Gasteiger partial charge in [-0.1, -0.05) is 17.7 Å². The van der Waals surface area contributed by atoms with Gasteiger partial charge in [0.05, 0.1) is 5.69 Å². The van der Waals surface area contributed by atoms with Crippen LogP contribution < -0.4 is 15.4 Å². The van der Waals surface area contributed by atoms with Crippen LogP contribution in [0.25, 0.3) is 11.3 Å². The molecule has 0 bridgehead atoms. The van der Waals surface area contributed by atoms with Gasteiger partial charge in [0.15, 0.2) is 11.7 Å². The third-order valence-corrected chi connectivity index (χ3v) is 5.24. The van der Waals surface area contributed by atoms with E-state index in [2.05, 4.69) is 15.6 Å². The zero-order valence-electron chi connectivity index (χ0n) is 14.7. The number of hydrogen-bond donors (Lipinski definition) is 2. The fourth-order valence-corrected chi connectivity index (χ4v) is 3.70. The van der Waals surface area contributed by atoms with Gasteiger partial charge in [-0.3, -0.25) is 14.9 Å². The quantitative estimate of drug-likeness (QED) is 0.651. The Morgan fingerprint density at radius 2 is 2.04 bits per heavy atom. The topological polar surface area (TPSA) is 80.3 Å². The third kappa shape index (κ3) is 4.32. The van der Waals surface area contributed by atoms with Crippen molar-refractivity contribution in [2.24, 2.45) is 0 Å².